The third-order valence-electron chi connectivity index (χ3n) is 4.43. The van der Waals surface area contributed by atoms with Crippen molar-refractivity contribution in [2.24, 2.45) is 0 Å². The molecule has 3 aromatic rings. The first-order chi connectivity index (χ1) is 15.8. The predicted octanol–water partition coefficient (Wildman–Crippen LogP) is 4.23. The molecule has 0 aromatic heterocycles. The molecule has 0 bridgehead atoms. The fraction of sp³-hybridized carbons (Fsp3) is 0.125. The van der Waals surface area contributed by atoms with Crippen molar-refractivity contribution in [1.82, 2.24) is 0 Å². The number of carboxylic acids is 1. The van der Waals surface area contributed by atoms with Gasteiger partial charge in [0, 0.05) is 16.3 Å². The quantitative estimate of drug-likeness (QED) is 0.275. The summed E-state index contributed by atoms with van der Waals surface area (Å²) in [5.41, 5.74) is 0.585. The minimum absolute atomic E-state index is 0.113. The summed E-state index contributed by atoms with van der Waals surface area (Å²) in [6, 6.07) is 19.9. The molecule has 2 amide bonds. The first-order valence-electron chi connectivity index (χ1n) is 9.93. The molecule has 170 valence electrons. The lowest BCUT2D eigenvalue weighted by molar-refractivity contribution is -0.118. The summed E-state index contributed by atoms with van der Waals surface area (Å²) in [4.78, 5) is 36.5. The molecule has 1 unspecified atom stereocenters. The minimum Gasteiger partial charge on any atom is -0.507 e. The van der Waals surface area contributed by atoms with Crippen LogP contribution in [0, 0.1) is 0 Å². The number of carbonyl (C=O) groups excluding carboxylic acids is 2. The number of rotatable bonds is 9. The minimum atomic E-state index is -1.29. The first kappa shape index (κ1) is 23.7. The molecule has 9 heteroatoms. The van der Waals surface area contributed by atoms with Crippen LogP contribution in [0.15, 0.2) is 77.7 Å². The lowest BCUT2D eigenvalue weighted by Gasteiger charge is -2.13. The summed E-state index contributed by atoms with van der Waals surface area (Å²) in [5.74, 6) is -1.66. The summed E-state index contributed by atoms with van der Waals surface area (Å²) < 4.78 is 5.41. The number of thioether (sulfide) groups is 1. The van der Waals surface area contributed by atoms with Crippen LogP contribution in [0.3, 0.4) is 0 Å². The molecule has 4 N–H and O–H groups in total. The summed E-state index contributed by atoms with van der Waals surface area (Å²) in [6.45, 7) is 1.60. The number of ether oxygens (including phenoxy) is 1. The molecular weight excluding hydrogens is 444 g/mol. The van der Waals surface area contributed by atoms with E-state index in [1.807, 2.05) is 18.2 Å². The monoisotopic (exact) mass is 466 g/mol. The molecule has 0 aliphatic rings. The van der Waals surface area contributed by atoms with Gasteiger partial charge in [-0.3, -0.25) is 9.59 Å². The zero-order valence-electron chi connectivity index (χ0n) is 17.6. The van der Waals surface area contributed by atoms with Crippen molar-refractivity contribution in [3.8, 4) is 11.5 Å². The number of nitrogens with one attached hydrogen (secondary N) is 2. The predicted molar refractivity (Wildman–Crippen MR) is 126 cm³/mol. The zero-order valence-corrected chi connectivity index (χ0v) is 18.5. The van der Waals surface area contributed by atoms with Gasteiger partial charge in [0.15, 0.2) is 6.61 Å². The molecule has 0 aliphatic heterocycles. The Kier molecular flexibility index (Phi) is 7.93. The van der Waals surface area contributed by atoms with E-state index in [4.69, 9.17) is 9.84 Å². The number of hydrogen-bond donors (Lipinski definition) is 4. The van der Waals surface area contributed by atoms with Gasteiger partial charge in [-0.05, 0) is 61.5 Å². The van der Waals surface area contributed by atoms with Gasteiger partial charge in [-0.15, -0.1) is 11.8 Å². The van der Waals surface area contributed by atoms with E-state index in [0.29, 0.717) is 11.4 Å². The van der Waals surface area contributed by atoms with Crippen LogP contribution in [0.1, 0.15) is 17.3 Å². The van der Waals surface area contributed by atoms with E-state index in [1.165, 1.54) is 30.0 Å². The van der Waals surface area contributed by atoms with Crippen molar-refractivity contribution in [1.29, 1.82) is 0 Å². The van der Waals surface area contributed by atoms with Crippen molar-refractivity contribution in [3.63, 3.8) is 0 Å². The molecular formula is C24H22N2O6S. The van der Waals surface area contributed by atoms with Crippen LogP contribution in [-0.2, 0) is 9.59 Å². The molecule has 0 spiro atoms. The Labute approximate surface area is 194 Å². The average Bonchev–Trinajstić information content (AvgIpc) is 2.80. The molecule has 1 atom stereocenters. The first-order valence-corrected chi connectivity index (χ1v) is 10.8. The molecule has 0 saturated heterocycles. The van der Waals surface area contributed by atoms with Crippen molar-refractivity contribution < 1.29 is 29.3 Å². The van der Waals surface area contributed by atoms with Gasteiger partial charge < -0.3 is 25.6 Å². The van der Waals surface area contributed by atoms with E-state index in [0.717, 1.165) is 4.90 Å². The molecule has 0 fully saturated rings. The summed E-state index contributed by atoms with van der Waals surface area (Å²) >= 11 is 1.30. The SMILES string of the molecule is CC(Sc1ccc(NC(=O)COc2ccccc2)cc1)C(=O)Nc1ccc(O)c(C(=O)O)c1. The zero-order chi connectivity index (χ0) is 23.8. The number of amides is 2. The van der Waals surface area contributed by atoms with Crippen molar-refractivity contribution >= 4 is 40.9 Å². The summed E-state index contributed by atoms with van der Waals surface area (Å²) in [5, 5.41) is 23.6. The normalized spacial score (nSPS) is 11.3. The van der Waals surface area contributed by atoms with E-state index < -0.39 is 11.2 Å². The van der Waals surface area contributed by atoms with E-state index >= 15 is 0 Å². The molecule has 3 aromatic carbocycles. The highest BCUT2D eigenvalue weighted by molar-refractivity contribution is 8.00. The number of carboxylic acid groups (broad SMARTS) is 1. The van der Waals surface area contributed by atoms with Crippen LogP contribution < -0.4 is 15.4 Å². The van der Waals surface area contributed by atoms with Gasteiger partial charge in [-0.1, -0.05) is 18.2 Å². The smallest absolute Gasteiger partial charge is 0.339 e. The molecule has 0 radical (unpaired) electrons. The van der Waals surface area contributed by atoms with Gasteiger partial charge in [0.2, 0.25) is 5.91 Å². The Morgan fingerprint density at radius 2 is 1.61 bits per heavy atom. The third-order valence-corrected chi connectivity index (χ3v) is 5.54. The van der Waals surface area contributed by atoms with Crippen molar-refractivity contribution in [2.75, 3.05) is 17.2 Å². The number of benzene rings is 3. The molecule has 8 nitrogen and oxygen atoms in total. The summed E-state index contributed by atoms with van der Waals surface area (Å²) in [7, 11) is 0. The van der Waals surface area contributed by atoms with Crippen LogP contribution in [0.4, 0.5) is 11.4 Å². The summed E-state index contributed by atoms with van der Waals surface area (Å²) in [6.07, 6.45) is 0. The Balaban J connectivity index is 1.50. The van der Waals surface area contributed by atoms with Gasteiger partial charge in [-0.2, -0.15) is 0 Å². The number of phenols is 1. The number of aromatic carboxylic acids is 1. The topological polar surface area (TPSA) is 125 Å². The van der Waals surface area contributed by atoms with Crippen LogP contribution >= 0.6 is 11.8 Å². The van der Waals surface area contributed by atoms with Gasteiger partial charge in [0.1, 0.15) is 17.1 Å². The van der Waals surface area contributed by atoms with E-state index in [1.54, 1.807) is 43.3 Å². The van der Waals surface area contributed by atoms with Crippen LogP contribution in [0.2, 0.25) is 0 Å². The van der Waals surface area contributed by atoms with Gasteiger partial charge >= 0.3 is 5.97 Å². The highest BCUT2D eigenvalue weighted by atomic mass is 32.2. The van der Waals surface area contributed by atoms with Crippen LogP contribution in [-0.4, -0.2) is 39.9 Å². The number of para-hydroxylation sites is 1. The maximum atomic E-state index is 12.5. The lowest BCUT2D eigenvalue weighted by atomic mass is 10.2. The second-order valence-electron chi connectivity index (χ2n) is 6.96. The maximum absolute atomic E-state index is 12.5. The van der Waals surface area contributed by atoms with E-state index in [2.05, 4.69) is 10.6 Å². The lowest BCUT2D eigenvalue weighted by Crippen LogP contribution is -2.22. The van der Waals surface area contributed by atoms with Gasteiger partial charge in [0.25, 0.3) is 5.91 Å². The van der Waals surface area contributed by atoms with Crippen molar-refractivity contribution in [3.05, 3.63) is 78.4 Å². The maximum Gasteiger partial charge on any atom is 0.339 e. The molecule has 0 aliphatic carbocycles. The third kappa shape index (κ3) is 7.01. The standard InChI is InChI=1S/C24H22N2O6S/c1-15(23(29)26-17-9-12-21(27)20(13-17)24(30)31)33-19-10-7-16(8-11-19)25-22(28)14-32-18-5-3-2-4-6-18/h2-13,15,27H,14H2,1H3,(H,25,28)(H,26,29)(H,30,31). The average molecular weight is 467 g/mol. The Bertz CT molecular complexity index is 1140. The molecule has 3 rings (SSSR count). The Morgan fingerprint density at radius 3 is 2.27 bits per heavy atom. The number of aromatic hydroxyl groups is 1. The second-order valence-corrected chi connectivity index (χ2v) is 8.37. The van der Waals surface area contributed by atoms with Crippen LogP contribution in [0.25, 0.3) is 0 Å². The Morgan fingerprint density at radius 1 is 0.939 bits per heavy atom. The fourth-order valence-electron chi connectivity index (χ4n) is 2.77. The highest BCUT2D eigenvalue weighted by Gasteiger charge is 2.17. The molecule has 0 heterocycles. The van der Waals surface area contributed by atoms with Crippen molar-refractivity contribution in [2.45, 2.75) is 17.1 Å². The van der Waals surface area contributed by atoms with Gasteiger partial charge in [0.05, 0.1) is 5.25 Å². The Hall–Kier alpha value is -3.98. The number of hydrogen-bond acceptors (Lipinski definition) is 6. The molecule has 33 heavy (non-hydrogen) atoms. The number of anilines is 2. The highest BCUT2D eigenvalue weighted by Crippen LogP contribution is 2.27. The fourth-order valence-corrected chi connectivity index (χ4v) is 3.63. The molecule has 0 saturated carbocycles. The largest absolute Gasteiger partial charge is 0.507 e. The second kappa shape index (κ2) is 11.1. The number of carbonyl (C=O) groups is 3. The van der Waals surface area contributed by atoms with E-state index in [9.17, 15) is 19.5 Å². The van der Waals surface area contributed by atoms with Crippen LogP contribution in [0.5, 0.6) is 11.5 Å². The van der Waals surface area contributed by atoms with Gasteiger partial charge in [-0.25, -0.2) is 4.79 Å². The van der Waals surface area contributed by atoms with E-state index in [-0.39, 0.29) is 35.4 Å².